The van der Waals surface area contributed by atoms with Crippen LogP contribution in [0, 0.1) is 17.0 Å². The number of ether oxygens (including phenoxy) is 1. The van der Waals surface area contributed by atoms with Crippen molar-refractivity contribution in [3.05, 3.63) is 67.5 Å². The molecular weight excluding hydrogens is 434 g/mol. The van der Waals surface area contributed by atoms with E-state index in [4.69, 9.17) is 4.74 Å². The Morgan fingerprint density at radius 1 is 1.30 bits per heavy atom. The monoisotopic (exact) mass is 447 g/mol. The number of methoxy groups -OCH3 is 1. The van der Waals surface area contributed by atoms with Crippen LogP contribution in [0.5, 0.6) is 5.75 Å². The number of aromatic nitrogens is 1. The van der Waals surface area contributed by atoms with Crippen LogP contribution in [0.1, 0.15) is 15.9 Å². The fourth-order valence-electron chi connectivity index (χ4n) is 2.41. The number of carbonyl (C=O) groups excluding carboxylic acids is 1. The molecule has 1 heterocycles. The number of nitro groups is 1. The van der Waals surface area contributed by atoms with E-state index in [-0.39, 0.29) is 11.3 Å². The van der Waals surface area contributed by atoms with Crippen molar-refractivity contribution < 1.29 is 14.5 Å². The van der Waals surface area contributed by atoms with E-state index in [1.807, 2.05) is 23.6 Å². The number of carbonyl (C=O) groups is 1. The molecule has 0 saturated heterocycles. The Hall–Kier alpha value is -2.78. The summed E-state index contributed by atoms with van der Waals surface area (Å²) in [6, 6.07) is 9.93. The number of hydrogen-bond donors (Lipinski definition) is 1. The van der Waals surface area contributed by atoms with Crippen LogP contribution in [0.3, 0.4) is 0 Å². The highest BCUT2D eigenvalue weighted by Gasteiger charge is 2.16. The number of thiazole rings is 1. The van der Waals surface area contributed by atoms with Gasteiger partial charge in [0.15, 0.2) is 5.13 Å². The zero-order chi connectivity index (χ0) is 19.6. The zero-order valence-electron chi connectivity index (χ0n) is 14.4. The summed E-state index contributed by atoms with van der Waals surface area (Å²) >= 11 is 4.71. The third-order valence-electron chi connectivity index (χ3n) is 3.84. The predicted octanol–water partition coefficient (Wildman–Crippen LogP) is 5.05. The summed E-state index contributed by atoms with van der Waals surface area (Å²) < 4.78 is 6.01. The summed E-state index contributed by atoms with van der Waals surface area (Å²) in [7, 11) is 1.59. The maximum atomic E-state index is 12.4. The SMILES string of the molecule is COc1ccc(-c2csc(NC(=O)c3ccc(C)c([N+](=O)[O-])c3)n2)cc1Br. The van der Waals surface area contributed by atoms with Gasteiger partial charge in [-0.25, -0.2) is 4.98 Å². The molecule has 138 valence electrons. The van der Waals surface area contributed by atoms with Crippen molar-refractivity contribution in [2.45, 2.75) is 6.92 Å². The number of nitrogens with zero attached hydrogens (tertiary/aromatic N) is 2. The Balaban J connectivity index is 1.80. The van der Waals surface area contributed by atoms with E-state index in [1.165, 1.54) is 17.4 Å². The highest BCUT2D eigenvalue weighted by atomic mass is 79.9. The van der Waals surface area contributed by atoms with Crippen molar-refractivity contribution in [1.29, 1.82) is 0 Å². The van der Waals surface area contributed by atoms with Crippen LogP contribution in [0.25, 0.3) is 11.3 Å². The lowest BCUT2D eigenvalue weighted by atomic mass is 10.1. The van der Waals surface area contributed by atoms with Gasteiger partial charge in [-0.2, -0.15) is 0 Å². The first-order valence-electron chi connectivity index (χ1n) is 7.75. The first-order chi connectivity index (χ1) is 12.9. The van der Waals surface area contributed by atoms with E-state index in [0.29, 0.717) is 22.1 Å². The minimum Gasteiger partial charge on any atom is -0.496 e. The third-order valence-corrected chi connectivity index (χ3v) is 5.22. The third kappa shape index (κ3) is 4.15. The van der Waals surface area contributed by atoms with E-state index < -0.39 is 10.8 Å². The molecule has 1 aromatic heterocycles. The summed E-state index contributed by atoms with van der Waals surface area (Å²) in [5, 5.41) is 15.9. The standard InChI is InChI=1S/C18H14BrN3O4S/c1-10-3-4-12(8-15(10)22(24)25)17(23)21-18-20-14(9-27-18)11-5-6-16(26-2)13(19)7-11/h3-9H,1-2H3,(H,20,21,23). The molecule has 0 spiro atoms. The number of halogens is 1. The van der Waals surface area contributed by atoms with E-state index in [9.17, 15) is 14.9 Å². The maximum absolute atomic E-state index is 12.4. The lowest BCUT2D eigenvalue weighted by Gasteiger charge is -2.05. The molecule has 7 nitrogen and oxygen atoms in total. The molecule has 0 radical (unpaired) electrons. The molecule has 0 saturated carbocycles. The normalized spacial score (nSPS) is 10.5. The number of benzene rings is 2. The smallest absolute Gasteiger partial charge is 0.273 e. The molecule has 1 N–H and O–H groups in total. The van der Waals surface area contributed by atoms with Crippen LogP contribution in [0.2, 0.25) is 0 Å². The summed E-state index contributed by atoms with van der Waals surface area (Å²) in [5.41, 5.74) is 2.18. The zero-order valence-corrected chi connectivity index (χ0v) is 16.8. The molecule has 0 unspecified atom stereocenters. The van der Waals surface area contributed by atoms with Crippen molar-refractivity contribution in [2.75, 3.05) is 12.4 Å². The average molecular weight is 448 g/mol. The lowest BCUT2D eigenvalue weighted by molar-refractivity contribution is -0.385. The topological polar surface area (TPSA) is 94.4 Å². The van der Waals surface area contributed by atoms with Crippen molar-refractivity contribution in [3.63, 3.8) is 0 Å². The molecule has 1 amide bonds. The molecule has 9 heteroatoms. The van der Waals surface area contributed by atoms with Crippen LogP contribution < -0.4 is 10.1 Å². The van der Waals surface area contributed by atoms with Crippen LogP contribution >= 0.6 is 27.3 Å². The molecule has 0 fully saturated rings. The van der Waals surface area contributed by atoms with Crippen LogP contribution in [0.4, 0.5) is 10.8 Å². The molecular formula is C18H14BrN3O4S. The van der Waals surface area contributed by atoms with Crippen LogP contribution in [-0.2, 0) is 0 Å². The Morgan fingerprint density at radius 2 is 2.07 bits per heavy atom. The number of nitrogens with one attached hydrogen (secondary N) is 1. The first kappa shape index (κ1) is 19.0. The van der Waals surface area contributed by atoms with E-state index in [2.05, 4.69) is 26.2 Å². The van der Waals surface area contributed by atoms with Gasteiger partial charge >= 0.3 is 0 Å². The van der Waals surface area contributed by atoms with Gasteiger partial charge in [0.25, 0.3) is 11.6 Å². The second kappa shape index (κ2) is 7.85. The van der Waals surface area contributed by atoms with E-state index in [1.54, 1.807) is 26.2 Å². The predicted molar refractivity (Wildman–Crippen MR) is 108 cm³/mol. The minimum absolute atomic E-state index is 0.0921. The molecule has 2 aromatic carbocycles. The summed E-state index contributed by atoms with van der Waals surface area (Å²) in [6.45, 7) is 1.62. The molecule has 0 aliphatic carbocycles. The highest BCUT2D eigenvalue weighted by Crippen LogP contribution is 2.32. The number of amides is 1. The van der Waals surface area contributed by atoms with Crippen molar-refractivity contribution in [2.24, 2.45) is 0 Å². The van der Waals surface area contributed by atoms with Gasteiger partial charge in [0, 0.05) is 28.1 Å². The van der Waals surface area contributed by atoms with Crippen molar-refractivity contribution >= 4 is 44.0 Å². The summed E-state index contributed by atoms with van der Waals surface area (Å²) in [4.78, 5) is 27.3. The summed E-state index contributed by atoms with van der Waals surface area (Å²) in [6.07, 6.45) is 0. The van der Waals surface area contributed by atoms with Gasteiger partial charge in [-0.05, 0) is 47.1 Å². The maximum Gasteiger partial charge on any atom is 0.273 e. The molecule has 3 aromatic rings. The summed E-state index contributed by atoms with van der Waals surface area (Å²) in [5.74, 6) is 0.262. The molecule has 0 bridgehead atoms. The van der Waals surface area contributed by atoms with Crippen molar-refractivity contribution in [3.8, 4) is 17.0 Å². The Bertz CT molecular complexity index is 1040. The fraction of sp³-hybridized carbons (Fsp3) is 0.111. The average Bonchev–Trinajstić information content (AvgIpc) is 3.10. The van der Waals surface area contributed by atoms with Gasteiger partial charge in [0.2, 0.25) is 0 Å². The largest absolute Gasteiger partial charge is 0.496 e. The number of hydrogen-bond acceptors (Lipinski definition) is 6. The second-order valence-corrected chi connectivity index (χ2v) is 7.31. The first-order valence-corrected chi connectivity index (χ1v) is 9.42. The van der Waals surface area contributed by atoms with Gasteiger partial charge < -0.3 is 4.74 Å². The van der Waals surface area contributed by atoms with Gasteiger partial charge in [-0.3, -0.25) is 20.2 Å². The molecule has 0 aliphatic rings. The Morgan fingerprint density at radius 3 is 2.74 bits per heavy atom. The van der Waals surface area contributed by atoms with Crippen LogP contribution in [0.15, 0.2) is 46.3 Å². The molecule has 3 rings (SSSR count). The van der Waals surface area contributed by atoms with Gasteiger partial charge in [-0.15, -0.1) is 11.3 Å². The molecule has 27 heavy (non-hydrogen) atoms. The van der Waals surface area contributed by atoms with E-state index in [0.717, 1.165) is 10.0 Å². The van der Waals surface area contributed by atoms with Gasteiger partial charge in [0.05, 0.1) is 22.2 Å². The van der Waals surface area contributed by atoms with Crippen LogP contribution in [-0.4, -0.2) is 22.9 Å². The highest BCUT2D eigenvalue weighted by molar-refractivity contribution is 9.10. The second-order valence-electron chi connectivity index (χ2n) is 5.60. The van der Waals surface area contributed by atoms with Crippen molar-refractivity contribution in [1.82, 2.24) is 4.98 Å². The quantitative estimate of drug-likeness (QED) is 0.436. The fourth-order valence-corrected chi connectivity index (χ4v) is 3.66. The number of nitro benzene ring substituents is 1. The number of aryl methyl sites for hydroxylation is 1. The molecule has 0 atom stereocenters. The number of anilines is 1. The number of rotatable bonds is 5. The molecule has 0 aliphatic heterocycles. The lowest BCUT2D eigenvalue weighted by Crippen LogP contribution is -2.12. The van der Waals surface area contributed by atoms with Gasteiger partial charge in [0.1, 0.15) is 5.75 Å². The Kier molecular flexibility index (Phi) is 5.52. The Labute approximate surface area is 167 Å². The van der Waals surface area contributed by atoms with Gasteiger partial charge in [-0.1, -0.05) is 6.07 Å². The van der Waals surface area contributed by atoms with E-state index >= 15 is 0 Å². The minimum atomic E-state index is -0.505.